The summed E-state index contributed by atoms with van der Waals surface area (Å²) in [5.74, 6) is 0.426. The highest BCUT2D eigenvalue weighted by molar-refractivity contribution is 6.14. The van der Waals surface area contributed by atoms with Crippen LogP contribution in [0.15, 0.2) is 91.5 Å². The molecule has 4 rings (SSSR count). The zero-order chi connectivity index (χ0) is 20.4. The van der Waals surface area contributed by atoms with Crippen LogP contribution in [-0.2, 0) is 4.79 Å². The SMILES string of the molecule is C=C(C(=O)O)c1ccc(Oc2c(-c3ccc(O)cc3)ccc3ccccc23)cc1. The molecule has 0 aromatic heterocycles. The van der Waals surface area contributed by atoms with Crippen LogP contribution in [0, 0.1) is 0 Å². The minimum Gasteiger partial charge on any atom is -0.508 e. The van der Waals surface area contributed by atoms with Gasteiger partial charge < -0.3 is 14.9 Å². The zero-order valence-electron chi connectivity index (χ0n) is 15.5. The van der Waals surface area contributed by atoms with E-state index in [2.05, 4.69) is 6.58 Å². The molecule has 0 amide bonds. The summed E-state index contributed by atoms with van der Waals surface area (Å²) < 4.78 is 6.26. The maximum absolute atomic E-state index is 11.1. The van der Waals surface area contributed by atoms with Crippen molar-refractivity contribution in [1.29, 1.82) is 0 Å². The molecule has 0 spiro atoms. The highest BCUT2D eigenvalue weighted by Crippen LogP contribution is 2.40. The van der Waals surface area contributed by atoms with Crippen molar-refractivity contribution < 1.29 is 19.7 Å². The first-order valence-electron chi connectivity index (χ1n) is 9.04. The molecule has 0 atom stereocenters. The first-order valence-corrected chi connectivity index (χ1v) is 9.04. The zero-order valence-corrected chi connectivity index (χ0v) is 15.5. The van der Waals surface area contributed by atoms with Gasteiger partial charge in [-0.2, -0.15) is 0 Å². The summed E-state index contributed by atoms with van der Waals surface area (Å²) in [5.41, 5.74) is 2.37. The van der Waals surface area contributed by atoms with Gasteiger partial charge in [-0.15, -0.1) is 0 Å². The Balaban J connectivity index is 1.79. The van der Waals surface area contributed by atoms with Gasteiger partial charge in [0.1, 0.15) is 17.2 Å². The number of carboxylic acid groups (broad SMARTS) is 1. The smallest absolute Gasteiger partial charge is 0.335 e. The van der Waals surface area contributed by atoms with Crippen LogP contribution in [0.3, 0.4) is 0 Å². The van der Waals surface area contributed by atoms with Crippen molar-refractivity contribution in [2.75, 3.05) is 0 Å². The average molecular weight is 382 g/mol. The number of hydrogen-bond acceptors (Lipinski definition) is 3. The van der Waals surface area contributed by atoms with Crippen LogP contribution in [0.4, 0.5) is 0 Å². The number of phenolic OH excluding ortho intramolecular Hbond substituents is 1. The first kappa shape index (κ1) is 18.3. The van der Waals surface area contributed by atoms with Crippen LogP contribution < -0.4 is 4.74 Å². The van der Waals surface area contributed by atoms with Crippen LogP contribution in [0.25, 0.3) is 27.5 Å². The molecule has 0 aliphatic rings. The van der Waals surface area contributed by atoms with Crippen LogP contribution in [0.2, 0.25) is 0 Å². The van der Waals surface area contributed by atoms with E-state index in [9.17, 15) is 9.90 Å². The molecule has 2 N–H and O–H groups in total. The third-order valence-corrected chi connectivity index (χ3v) is 4.74. The lowest BCUT2D eigenvalue weighted by Gasteiger charge is -2.15. The van der Waals surface area contributed by atoms with Gasteiger partial charge in [0.05, 0.1) is 5.57 Å². The van der Waals surface area contributed by atoms with Gasteiger partial charge in [-0.1, -0.05) is 61.2 Å². The molecule has 0 radical (unpaired) electrons. The van der Waals surface area contributed by atoms with Crippen molar-refractivity contribution in [3.05, 3.63) is 97.1 Å². The molecule has 0 unspecified atom stereocenters. The Labute approximate surface area is 167 Å². The molecular weight excluding hydrogens is 364 g/mol. The highest BCUT2D eigenvalue weighted by Gasteiger charge is 2.13. The van der Waals surface area contributed by atoms with Gasteiger partial charge in [0.15, 0.2) is 0 Å². The fourth-order valence-corrected chi connectivity index (χ4v) is 3.19. The molecule has 29 heavy (non-hydrogen) atoms. The number of benzene rings is 4. The molecule has 4 aromatic rings. The van der Waals surface area contributed by atoms with E-state index in [0.717, 1.165) is 21.9 Å². The molecule has 0 saturated carbocycles. The van der Waals surface area contributed by atoms with Gasteiger partial charge >= 0.3 is 5.97 Å². The average Bonchev–Trinajstić information content (AvgIpc) is 2.74. The number of hydrogen-bond donors (Lipinski definition) is 2. The minimum absolute atomic E-state index is 0.0338. The largest absolute Gasteiger partial charge is 0.508 e. The van der Waals surface area contributed by atoms with Crippen molar-refractivity contribution in [2.24, 2.45) is 0 Å². The summed E-state index contributed by atoms with van der Waals surface area (Å²) in [6, 6.07) is 25.7. The molecule has 0 aliphatic heterocycles. The third-order valence-electron chi connectivity index (χ3n) is 4.74. The second-order valence-electron chi connectivity index (χ2n) is 6.62. The lowest BCUT2D eigenvalue weighted by atomic mass is 9.99. The number of fused-ring (bicyclic) bond motifs is 1. The number of phenols is 1. The number of aliphatic carboxylic acids is 1. The fourth-order valence-electron chi connectivity index (χ4n) is 3.19. The van der Waals surface area contributed by atoms with Crippen molar-refractivity contribution in [3.8, 4) is 28.4 Å². The summed E-state index contributed by atoms with van der Waals surface area (Å²) in [7, 11) is 0. The summed E-state index contributed by atoms with van der Waals surface area (Å²) >= 11 is 0. The molecular formula is C25H18O4. The number of aromatic hydroxyl groups is 1. The Morgan fingerprint density at radius 3 is 2.21 bits per heavy atom. The first-order chi connectivity index (χ1) is 14.0. The van der Waals surface area contributed by atoms with E-state index in [1.165, 1.54) is 0 Å². The van der Waals surface area contributed by atoms with Crippen molar-refractivity contribution in [2.45, 2.75) is 0 Å². The monoisotopic (exact) mass is 382 g/mol. The van der Waals surface area contributed by atoms with Crippen molar-refractivity contribution >= 4 is 22.3 Å². The molecule has 0 saturated heterocycles. The van der Waals surface area contributed by atoms with Crippen molar-refractivity contribution in [3.63, 3.8) is 0 Å². The Hall–Kier alpha value is -4.05. The summed E-state index contributed by atoms with van der Waals surface area (Å²) in [6.07, 6.45) is 0. The lowest BCUT2D eigenvalue weighted by molar-refractivity contribution is -0.130. The Morgan fingerprint density at radius 1 is 0.828 bits per heavy atom. The van der Waals surface area contributed by atoms with Crippen LogP contribution >= 0.6 is 0 Å². The topological polar surface area (TPSA) is 66.8 Å². The second kappa shape index (κ2) is 7.52. The molecule has 4 heteroatoms. The molecule has 142 valence electrons. The number of carboxylic acids is 1. The van der Waals surface area contributed by atoms with E-state index in [1.54, 1.807) is 36.4 Å². The molecule has 0 heterocycles. The maximum Gasteiger partial charge on any atom is 0.335 e. The summed E-state index contributed by atoms with van der Waals surface area (Å²) in [6.45, 7) is 3.58. The van der Waals surface area contributed by atoms with E-state index < -0.39 is 5.97 Å². The number of carbonyl (C=O) groups is 1. The van der Waals surface area contributed by atoms with Crippen LogP contribution in [0.5, 0.6) is 17.2 Å². The molecule has 0 fully saturated rings. The maximum atomic E-state index is 11.1. The number of rotatable bonds is 5. The van der Waals surface area contributed by atoms with Gasteiger partial charge in [0.2, 0.25) is 0 Å². The second-order valence-corrected chi connectivity index (χ2v) is 6.62. The van der Waals surface area contributed by atoms with Crippen LogP contribution in [-0.4, -0.2) is 16.2 Å². The van der Waals surface area contributed by atoms with E-state index in [-0.39, 0.29) is 11.3 Å². The Kier molecular flexibility index (Phi) is 4.75. The van der Waals surface area contributed by atoms with E-state index in [0.29, 0.717) is 17.1 Å². The predicted molar refractivity (Wildman–Crippen MR) is 114 cm³/mol. The molecule has 4 aromatic carbocycles. The normalized spacial score (nSPS) is 10.6. The predicted octanol–water partition coefficient (Wildman–Crippen LogP) is 6.10. The summed E-state index contributed by atoms with van der Waals surface area (Å²) in [4.78, 5) is 11.1. The van der Waals surface area contributed by atoms with E-state index in [1.807, 2.05) is 48.5 Å². The molecule has 4 nitrogen and oxygen atoms in total. The summed E-state index contributed by atoms with van der Waals surface area (Å²) in [5, 5.41) is 20.7. The Bertz CT molecular complexity index is 1210. The Morgan fingerprint density at radius 2 is 1.52 bits per heavy atom. The lowest BCUT2D eigenvalue weighted by Crippen LogP contribution is -1.97. The van der Waals surface area contributed by atoms with E-state index >= 15 is 0 Å². The van der Waals surface area contributed by atoms with Gasteiger partial charge in [-0.05, 0) is 46.8 Å². The minimum atomic E-state index is -1.05. The molecule has 0 bridgehead atoms. The van der Waals surface area contributed by atoms with Gasteiger partial charge in [-0.25, -0.2) is 4.79 Å². The van der Waals surface area contributed by atoms with Gasteiger partial charge in [0, 0.05) is 10.9 Å². The fraction of sp³-hybridized carbons (Fsp3) is 0. The quantitative estimate of drug-likeness (QED) is 0.409. The van der Waals surface area contributed by atoms with Gasteiger partial charge in [0.25, 0.3) is 0 Å². The van der Waals surface area contributed by atoms with Crippen LogP contribution in [0.1, 0.15) is 5.56 Å². The van der Waals surface area contributed by atoms with Gasteiger partial charge in [-0.3, -0.25) is 0 Å². The third kappa shape index (κ3) is 3.69. The standard InChI is InChI=1S/C25H18O4/c1-16(25(27)28)17-8-13-21(14-9-17)29-24-22-5-3-2-4-18(22)10-15-23(24)19-6-11-20(26)12-7-19/h2-15,26H,1H2,(H,27,28). The highest BCUT2D eigenvalue weighted by atomic mass is 16.5. The molecule has 0 aliphatic carbocycles. The number of ether oxygens (including phenoxy) is 1. The van der Waals surface area contributed by atoms with E-state index in [4.69, 9.17) is 9.84 Å². The van der Waals surface area contributed by atoms with Crippen molar-refractivity contribution in [1.82, 2.24) is 0 Å².